The van der Waals surface area contributed by atoms with Crippen molar-refractivity contribution in [2.45, 2.75) is 32.5 Å². The zero-order valence-electron chi connectivity index (χ0n) is 16.5. The van der Waals surface area contributed by atoms with Gasteiger partial charge in [-0.2, -0.15) is 5.10 Å². The van der Waals surface area contributed by atoms with Crippen LogP contribution in [0.25, 0.3) is 11.4 Å². The SMILES string of the molecule is Cc1cccc(-c2n[nH]c(=S)n2CC(=O)N[C@H]2CCN(Cc3ccccc3)C2)c1. The Kier molecular flexibility index (Phi) is 5.87. The third kappa shape index (κ3) is 4.81. The van der Waals surface area contributed by atoms with Gasteiger partial charge in [0.2, 0.25) is 5.91 Å². The van der Waals surface area contributed by atoms with Gasteiger partial charge in [-0.15, -0.1) is 0 Å². The predicted octanol–water partition coefficient (Wildman–Crippen LogP) is 3.31. The van der Waals surface area contributed by atoms with E-state index in [1.54, 1.807) is 4.57 Å². The Balaban J connectivity index is 1.37. The molecule has 150 valence electrons. The minimum atomic E-state index is -0.0389. The van der Waals surface area contributed by atoms with Crippen LogP contribution in [0.5, 0.6) is 0 Å². The van der Waals surface area contributed by atoms with Crippen LogP contribution in [0.2, 0.25) is 0 Å². The first-order valence-electron chi connectivity index (χ1n) is 9.86. The number of carbonyl (C=O) groups excluding carboxylic acids is 1. The monoisotopic (exact) mass is 407 g/mol. The molecule has 0 saturated carbocycles. The lowest BCUT2D eigenvalue weighted by Gasteiger charge is -2.17. The zero-order valence-corrected chi connectivity index (χ0v) is 17.3. The highest BCUT2D eigenvalue weighted by atomic mass is 32.1. The maximum atomic E-state index is 12.7. The largest absolute Gasteiger partial charge is 0.350 e. The van der Waals surface area contributed by atoms with Gasteiger partial charge in [0, 0.05) is 31.2 Å². The van der Waals surface area contributed by atoms with E-state index in [-0.39, 0.29) is 18.5 Å². The standard InChI is InChI=1S/C22H25N5OS/c1-16-6-5-9-18(12-16)21-24-25-22(29)27(21)15-20(28)23-19-10-11-26(14-19)13-17-7-3-2-4-8-17/h2-9,12,19H,10-11,13-15H2,1H3,(H,23,28)(H,25,29)/t19-/m0/s1. The van der Waals surface area contributed by atoms with Crippen LogP contribution in [0.4, 0.5) is 0 Å². The summed E-state index contributed by atoms with van der Waals surface area (Å²) in [6.45, 7) is 4.95. The number of nitrogens with zero attached hydrogens (tertiary/aromatic N) is 3. The van der Waals surface area contributed by atoms with Gasteiger partial charge in [0.05, 0.1) is 0 Å². The molecule has 1 aliphatic rings. The molecular formula is C22H25N5OS. The van der Waals surface area contributed by atoms with Crippen LogP contribution < -0.4 is 5.32 Å². The second-order valence-electron chi connectivity index (χ2n) is 7.58. The molecule has 0 spiro atoms. The smallest absolute Gasteiger partial charge is 0.240 e. The molecule has 0 bridgehead atoms. The molecule has 1 aliphatic heterocycles. The molecule has 2 N–H and O–H groups in total. The third-order valence-electron chi connectivity index (χ3n) is 5.22. The Labute approximate surface area is 175 Å². The summed E-state index contributed by atoms with van der Waals surface area (Å²) in [4.78, 5) is 15.1. The summed E-state index contributed by atoms with van der Waals surface area (Å²) in [5.41, 5.74) is 3.38. The van der Waals surface area contributed by atoms with Crippen LogP contribution in [-0.4, -0.2) is 44.7 Å². The van der Waals surface area contributed by atoms with E-state index in [2.05, 4.69) is 44.7 Å². The molecule has 2 heterocycles. The van der Waals surface area contributed by atoms with Crippen molar-refractivity contribution < 1.29 is 4.79 Å². The fourth-order valence-electron chi connectivity index (χ4n) is 3.82. The van der Waals surface area contributed by atoms with Gasteiger partial charge in [0.25, 0.3) is 0 Å². The first-order valence-corrected chi connectivity index (χ1v) is 10.3. The summed E-state index contributed by atoms with van der Waals surface area (Å²) in [5.74, 6) is 0.647. The maximum Gasteiger partial charge on any atom is 0.240 e. The van der Waals surface area contributed by atoms with Crippen molar-refractivity contribution in [2.24, 2.45) is 0 Å². The first-order chi connectivity index (χ1) is 14.1. The molecule has 4 rings (SSSR count). The Morgan fingerprint density at radius 3 is 2.86 bits per heavy atom. The summed E-state index contributed by atoms with van der Waals surface area (Å²) in [6, 6.07) is 18.6. The van der Waals surface area contributed by atoms with Gasteiger partial charge in [0.15, 0.2) is 10.6 Å². The Morgan fingerprint density at radius 1 is 1.24 bits per heavy atom. The highest BCUT2D eigenvalue weighted by Gasteiger charge is 2.24. The first kappa shape index (κ1) is 19.5. The quantitative estimate of drug-likeness (QED) is 0.616. The number of benzene rings is 2. The summed E-state index contributed by atoms with van der Waals surface area (Å²) >= 11 is 5.36. The Morgan fingerprint density at radius 2 is 2.07 bits per heavy atom. The van der Waals surface area contributed by atoms with Crippen LogP contribution in [0.15, 0.2) is 54.6 Å². The Bertz CT molecular complexity index is 1040. The van der Waals surface area contributed by atoms with E-state index in [9.17, 15) is 4.79 Å². The minimum Gasteiger partial charge on any atom is -0.350 e. The number of aryl methyl sites for hydroxylation is 1. The van der Waals surface area contributed by atoms with Crippen LogP contribution in [-0.2, 0) is 17.9 Å². The molecule has 3 aromatic rings. The molecule has 6 nitrogen and oxygen atoms in total. The van der Waals surface area contributed by atoms with Gasteiger partial charge in [-0.05, 0) is 37.2 Å². The lowest BCUT2D eigenvalue weighted by Crippen LogP contribution is -2.39. The summed E-state index contributed by atoms with van der Waals surface area (Å²) in [7, 11) is 0. The number of aromatic amines is 1. The van der Waals surface area contributed by atoms with E-state index in [1.165, 1.54) is 5.56 Å². The number of hydrogen-bond acceptors (Lipinski definition) is 4. The topological polar surface area (TPSA) is 66.0 Å². The molecule has 1 atom stereocenters. The van der Waals surface area contributed by atoms with Crippen molar-refractivity contribution >= 4 is 18.1 Å². The van der Waals surface area contributed by atoms with Crippen molar-refractivity contribution in [1.82, 2.24) is 25.0 Å². The summed E-state index contributed by atoms with van der Waals surface area (Å²) in [5, 5.41) is 10.3. The number of carbonyl (C=O) groups is 1. The van der Waals surface area contributed by atoms with Gasteiger partial charge in [-0.25, -0.2) is 0 Å². The van der Waals surface area contributed by atoms with E-state index in [4.69, 9.17) is 12.2 Å². The van der Waals surface area contributed by atoms with Crippen molar-refractivity contribution in [2.75, 3.05) is 13.1 Å². The average Bonchev–Trinajstić information content (AvgIpc) is 3.29. The second-order valence-corrected chi connectivity index (χ2v) is 7.97. The van der Waals surface area contributed by atoms with Crippen LogP contribution >= 0.6 is 12.2 Å². The molecule has 1 saturated heterocycles. The van der Waals surface area contributed by atoms with Crippen molar-refractivity contribution in [3.63, 3.8) is 0 Å². The zero-order chi connectivity index (χ0) is 20.2. The van der Waals surface area contributed by atoms with E-state index < -0.39 is 0 Å². The number of rotatable bonds is 6. The van der Waals surface area contributed by atoms with Gasteiger partial charge >= 0.3 is 0 Å². The highest BCUT2D eigenvalue weighted by Crippen LogP contribution is 2.19. The van der Waals surface area contributed by atoms with Gasteiger partial charge < -0.3 is 5.32 Å². The maximum absolute atomic E-state index is 12.7. The van der Waals surface area contributed by atoms with E-state index >= 15 is 0 Å². The van der Waals surface area contributed by atoms with Gasteiger partial charge in [-0.1, -0.05) is 54.1 Å². The molecule has 0 aliphatic carbocycles. The molecule has 1 amide bonds. The highest BCUT2D eigenvalue weighted by molar-refractivity contribution is 7.71. The molecule has 1 fully saturated rings. The fraction of sp³-hybridized carbons (Fsp3) is 0.318. The number of H-pyrrole nitrogens is 1. The number of aromatic nitrogens is 3. The molecule has 7 heteroatoms. The number of amides is 1. The predicted molar refractivity (Wildman–Crippen MR) is 116 cm³/mol. The number of likely N-dealkylation sites (tertiary alicyclic amines) is 1. The normalized spacial score (nSPS) is 16.8. The van der Waals surface area contributed by atoms with E-state index in [0.29, 0.717) is 10.6 Å². The molecule has 0 radical (unpaired) electrons. The van der Waals surface area contributed by atoms with Crippen LogP contribution in [0, 0.1) is 11.7 Å². The Hall–Kier alpha value is -2.77. The van der Waals surface area contributed by atoms with Gasteiger partial charge in [-0.3, -0.25) is 19.4 Å². The van der Waals surface area contributed by atoms with E-state index in [0.717, 1.165) is 37.2 Å². The third-order valence-corrected chi connectivity index (χ3v) is 5.53. The second kappa shape index (κ2) is 8.71. The van der Waals surface area contributed by atoms with Crippen molar-refractivity contribution in [3.8, 4) is 11.4 Å². The lowest BCUT2D eigenvalue weighted by molar-refractivity contribution is -0.122. The van der Waals surface area contributed by atoms with Gasteiger partial charge in [0.1, 0.15) is 6.54 Å². The minimum absolute atomic E-state index is 0.0389. The number of hydrogen-bond donors (Lipinski definition) is 2. The van der Waals surface area contributed by atoms with Crippen molar-refractivity contribution in [1.29, 1.82) is 0 Å². The number of nitrogens with one attached hydrogen (secondary N) is 2. The molecule has 2 aromatic carbocycles. The lowest BCUT2D eigenvalue weighted by atomic mass is 10.1. The van der Waals surface area contributed by atoms with Crippen LogP contribution in [0.3, 0.4) is 0 Å². The van der Waals surface area contributed by atoms with E-state index in [1.807, 2.05) is 37.3 Å². The summed E-state index contributed by atoms with van der Waals surface area (Å²) in [6.07, 6.45) is 0.958. The average molecular weight is 408 g/mol. The van der Waals surface area contributed by atoms with Crippen LogP contribution in [0.1, 0.15) is 17.5 Å². The molecule has 1 aromatic heterocycles. The summed E-state index contributed by atoms with van der Waals surface area (Å²) < 4.78 is 2.21. The molecular weight excluding hydrogens is 382 g/mol. The molecule has 29 heavy (non-hydrogen) atoms. The fourth-order valence-corrected chi connectivity index (χ4v) is 4.02. The van der Waals surface area contributed by atoms with Crippen molar-refractivity contribution in [3.05, 3.63) is 70.5 Å². The molecule has 0 unspecified atom stereocenters.